The first-order valence-electron chi connectivity index (χ1n) is 8.84. The molecule has 1 unspecified atom stereocenters. The number of nitrogens with zero attached hydrogens (tertiary/aromatic N) is 3. The molecule has 6 nitrogen and oxygen atoms in total. The highest BCUT2D eigenvalue weighted by atomic mass is 16.6. The van der Waals surface area contributed by atoms with E-state index in [-0.39, 0.29) is 6.09 Å². The lowest BCUT2D eigenvalue weighted by Crippen LogP contribution is -2.44. The number of rotatable bonds is 3. The second-order valence-corrected chi connectivity index (χ2v) is 7.56. The van der Waals surface area contributed by atoms with Crippen molar-refractivity contribution in [3.05, 3.63) is 30.5 Å². The summed E-state index contributed by atoms with van der Waals surface area (Å²) in [5.41, 5.74) is 1.32. The summed E-state index contributed by atoms with van der Waals surface area (Å²) in [5, 5.41) is 3.36. The second-order valence-electron chi connectivity index (χ2n) is 7.56. The van der Waals surface area contributed by atoms with Crippen LogP contribution in [-0.2, 0) is 4.74 Å². The van der Waals surface area contributed by atoms with Gasteiger partial charge in [0.1, 0.15) is 11.4 Å². The van der Waals surface area contributed by atoms with Crippen LogP contribution in [0.2, 0.25) is 0 Å². The molecule has 1 amide bonds. The first-order chi connectivity index (χ1) is 11.9. The van der Waals surface area contributed by atoms with Crippen LogP contribution >= 0.6 is 0 Å². The lowest BCUT2D eigenvalue weighted by Gasteiger charge is -2.34. The number of carbonyl (C=O) groups is 1. The molecule has 1 aromatic carbocycles. The molecule has 0 bridgehead atoms. The van der Waals surface area contributed by atoms with Crippen molar-refractivity contribution in [3.63, 3.8) is 0 Å². The van der Waals surface area contributed by atoms with Gasteiger partial charge in [0.25, 0.3) is 0 Å². The molecule has 0 aliphatic carbocycles. The first-order valence-corrected chi connectivity index (χ1v) is 8.84. The highest BCUT2D eigenvalue weighted by molar-refractivity contribution is 5.75. The number of piperidine rings is 1. The van der Waals surface area contributed by atoms with E-state index >= 15 is 0 Å². The predicted octanol–water partition coefficient (Wildman–Crippen LogP) is 3.69. The van der Waals surface area contributed by atoms with E-state index in [9.17, 15) is 4.79 Å². The molecule has 1 saturated heterocycles. The predicted molar refractivity (Wildman–Crippen MR) is 98.6 cm³/mol. The molecular weight excluding hydrogens is 316 g/mol. The molecule has 0 saturated carbocycles. The standard InChI is InChI=1S/C19H26N4O2/c1-19(2,3)25-18(24)23-10-6-7-14(13-23)11-21-17-12-20-15-8-4-5-9-16(15)22-17/h4-5,8-9,12,14H,6-7,10-11,13H2,1-3H3,(H,21,22). The van der Waals surface area contributed by atoms with Crippen LogP contribution in [0.25, 0.3) is 11.0 Å². The Kier molecular flexibility index (Phi) is 5.06. The van der Waals surface area contributed by atoms with E-state index in [4.69, 9.17) is 4.74 Å². The van der Waals surface area contributed by atoms with Crippen LogP contribution in [-0.4, -0.2) is 46.2 Å². The lowest BCUT2D eigenvalue weighted by atomic mass is 9.98. The minimum absolute atomic E-state index is 0.220. The Balaban J connectivity index is 1.56. The van der Waals surface area contributed by atoms with Gasteiger partial charge in [-0.25, -0.2) is 9.78 Å². The molecule has 3 rings (SSSR count). The molecule has 134 valence electrons. The molecule has 2 aromatic rings. The van der Waals surface area contributed by atoms with Crippen LogP contribution in [0.5, 0.6) is 0 Å². The largest absolute Gasteiger partial charge is 0.444 e. The van der Waals surface area contributed by atoms with Gasteiger partial charge in [0.05, 0.1) is 17.2 Å². The number of hydrogen-bond donors (Lipinski definition) is 1. The molecule has 2 heterocycles. The Labute approximate surface area is 148 Å². The van der Waals surface area contributed by atoms with E-state index in [1.54, 1.807) is 6.20 Å². The Morgan fingerprint density at radius 2 is 2.08 bits per heavy atom. The minimum atomic E-state index is -0.455. The van der Waals surface area contributed by atoms with E-state index in [0.717, 1.165) is 42.8 Å². The van der Waals surface area contributed by atoms with Crippen molar-refractivity contribution >= 4 is 22.9 Å². The van der Waals surface area contributed by atoms with Crippen LogP contribution in [0.15, 0.2) is 30.5 Å². The summed E-state index contributed by atoms with van der Waals surface area (Å²) in [4.78, 5) is 23.1. The van der Waals surface area contributed by atoms with Crippen molar-refractivity contribution in [1.82, 2.24) is 14.9 Å². The van der Waals surface area contributed by atoms with Crippen molar-refractivity contribution in [1.29, 1.82) is 0 Å². The SMILES string of the molecule is CC(C)(C)OC(=O)N1CCCC(CNc2cnc3ccccc3n2)C1. The van der Waals surface area contributed by atoms with E-state index in [0.29, 0.717) is 12.5 Å². The zero-order valence-corrected chi connectivity index (χ0v) is 15.2. The number of carbonyl (C=O) groups excluding carboxylic acids is 1. The van der Waals surface area contributed by atoms with E-state index in [1.807, 2.05) is 49.9 Å². The van der Waals surface area contributed by atoms with Crippen molar-refractivity contribution in [2.45, 2.75) is 39.2 Å². The van der Waals surface area contributed by atoms with E-state index in [1.165, 1.54) is 0 Å². The third-order valence-electron chi connectivity index (χ3n) is 4.19. The third kappa shape index (κ3) is 4.81. The number of ether oxygens (including phenoxy) is 1. The van der Waals surface area contributed by atoms with E-state index in [2.05, 4.69) is 15.3 Å². The molecule has 1 N–H and O–H groups in total. The van der Waals surface area contributed by atoms with Crippen molar-refractivity contribution in [2.75, 3.05) is 25.0 Å². The third-order valence-corrected chi connectivity index (χ3v) is 4.19. The number of likely N-dealkylation sites (tertiary alicyclic amines) is 1. The first kappa shape index (κ1) is 17.5. The quantitative estimate of drug-likeness (QED) is 0.921. The molecule has 1 aliphatic rings. The summed E-state index contributed by atoms with van der Waals surface area (Å²) in [5.74, 6) is 1.16. The number of fused-ring (bicyclic) bond motifs is 1. The number of hydrogen-bond acceptors (Lipinski definition) is 5. The van der Waals surface area contributed by atoms with Gasteiger partial charge >= 0.3 is 6.09 Å². The number of para-hydroxylation sites is 2. The van der Waals surface area contributed by atoms with Gasteiger partial charge in [-0.15, -0.1) is 0 Å². The highest BCUT2D eigenvalue weighted by Crippen LogP contribution is 2.20. The summed E-state index contributed by atoms with van der Waals surface area (Å²) < 4.78 is 5.48. The topological polar surface area (TPSA) is 67.3 Å². The summed E-state index contributed by atoms with van der Waals surface area (Å²) in [7, 11) is 0. The minimum Gasteiger partial charge on any atom is -0.444 e. The van der Waals surface area contributed by atoms with Crippen LogP contribution in [0.4, 0.5) is 10.6 Å². The Morgan fingerprint density at radius 3 is 2.84 bits per heavy atom. The fourth-order valence-electron chi connectivity index (χ4n) is 3.02. The van der Waals surface area contributed by atoms with Crippen LogP contribution in [0.1, 0.15) is 33.6 Å². The zero-order chi connectivity index (χ0) is 17.9. The summed E-state index contributed by atoms with van der Waals surface area (Å²) in [6.07, 6.45) is 3.63. The van der Waals surface area contributed by atoms with Gasteiger partial charge in [0.2, 0.25) is 0 Å². The van der Waals surface area contributed by atoms with Crippen molar-refractivity contribution in [2.24, 2.45) is 5.92 Å². The Hall–Kier alpha value is -2.37. The zero-order valence-electron chi connectivity index (χ0n) is 15.2. The van der Waals surface area contributed by atoms with Crippen molar-refractivity contribution < 1.29 is 9.53 Å². The van der Waals surface area contributed by atoms with E-state index < -0.39 is 5.60 Å². The summed E-state index contributed by atoms with van der Waals surface area (Å²) >= 11 is 0. The number of benzene rings is 1. The molecule has 25 heavy (non-hydrogen) atoms. The number of aromatic nitrogens is 2. The summed E-state index contributed by atoms with van der Waals surface area (Å²) in [6.45, 7) is 7.93. The average molecular weight is 342 g/mol. The molecule has 6 heteroatoms. The molecule has 1 fully saturated rings. The fourth-order valence-corrected chi connectivity index (χ4v) is 3.02. The maximum Gasteiger partial charge on any atom is 0.410 e. The molecule has 1 aromatic heterocycles. The molecule has 0 spiro atoms. The smallest absolute Gasteiger partial charge is 0.410 e. The monoisotopic (exact) mass is 342 g/mol. The van der Waals surface area contributed by atoms with Gasteiger partial charge in [0, 0.05) is 19.6 Å². The normalized spacial score (nSPS) is 18.2. The molecule has 0 radical (unpaired) electrons. The van der Waals surface area contributed by atoms with Gasteiger partial charge in [-0.2, -0.15) is 0 Å². The molecular formula is C19H26N4O2. The van der Waals surface area contributed by atoms with Gasteiger partial charge in [-0.05, 0) is 51.7 Å². The Morgan fingerprint density at radius 1 is 1.32 bits per heavy atom. The van der Waals surface area contributed by atoms with Gasteiger partial charge in [0.15, 0.2) is 0 Å². The van der Waals surface area contributed by atoms with Crippen molar-refractivity contribution in [3.8, 4) is 0 Å². The summed E-state index contributed by atoms with van der Waals surface area (Å²) in [6, 6.07) is 7.82. The van der Waals surface area contributed by atoms with Crippen LogP contribution < -0.4 is 5.32 Å². The highest BCUT2D eigenvalue weighted by Gasteiger charge is 2.27. The lowest BCUT2D eigenvalue weighted by molar-refractivity contribution is 0.0172. The van der Waals surface area contributed by atoms with Gasteiger partial charge < -0.3 is 15.0 Å². The number of amides is 1. The van der Waals surface area contributed by atoms with Crippen LogP contribution in [0, 0.1) is 5.92 Å². The van der Waals surface area contributed by atoms with Crippen LogP contribution in [0.3, 0.4) is 0 Å². The molecule has 1 aliphatic heterocycles. The second kappa shape index (κ2) is 7.25. The number of anilines is 1. The molecule has 1 atom stereocenters. The fraction of sp³-hybridized carbons (Fsp3) is 0.526. The maximum atomic E-state index is 12.2. The van der Waals surface area contributed by atoms with Gasteiger partial charge in [-0.1, -0.05) is 12.1 Å². The number of nitrogens with one attached hydrogen (secondary N) is 1. The average Bonchev–Trinajstić information content (AvgIpc) is 2.58. The van der Waals surface area contributed by atoms with Gasteiger partial charge in [-0.3, -0.25) is 4.98 Å². The Bertz CT molecular complexity index is 742. The maximum absolute atomic E-state index is 12.2.